The molecule has 0 amide bonds. The predicted molar refractivity (Wildman–Crippen MR) is 189 cm³/mol. The Balaban J connectivity index is 2.41. The molecule has 1 rings (SSSR count). The van der Waals surface area contributed by atoms with Gasteiger partial charge in [0.15, 0.2) is 6.29 Å². The molecule has 7 atom stereocenters. The van der Waals surface area contributed by atoms with Gasteiger partial charge in [-0.15, -0.1) is 0 Å². The first-order valence-electron chi connectivity index (χ1n) is 19.7. The van der Waals surface area contributed by atoms with Crippen LogP contribution in [0.4, 0.5) is 0 Å². The molecule has 0 aliphatic carbocycles. The van der Waals surface area contributed by atoms with Crippen LogP contribution in [0.1, 0.15) is 174 Å². The second kappa shape index (κ2) is 30.2. The highest BCUT2D eigenvalue weighted by Crippen LogP contribution is 2.25. The van der Waals surface area contributed by atoms with Gasteiger partial charge >= 0.3 is 0 Å². The minimum absolute atomic E-state index is 0.0580. The van der Waals surface area contributed by atoms with Gasteiger partial charge in [-0.25, -0.2) is 0 Å². The van der Waals surface area contributed by atoms with E-state index in [-0.39, 0.29) is 12.4 Å². The van der Waals surface area contributed by atoms with Crippen LogP contribution in [0.25, 0.3) is 0 Å². The number of carbonyl (C=O) groups excluding carboxylic acids is 1. The Morgan fingerprint density at radius 1 is 0.660 bits per heavy atom. The lowest BCUT2D eigenvalue weighted by Crippen LogP contribution is -2.59. The lowest BCUT2D eigenvalue weighted by atomic mass is 9.90. The highest BCUT2D eigenvalue weighted by molar-refractivity contribution is 5.81. The molecule has 1 aliphatic heterocycles. The van der Waals surface area contributed by atoms with Crippen molar-refractivity contribution in [2.24, 2.45) is 11.7 Å². The van der Waals surface area contributed by atoms with Gasteiger partial charge < -0.3 is 40.7 Å². The topological polar surface area (TPSA) is 163 Å². The Hall–Kier alpha value is -0.650. The van der Waals surface area contributed by atoms with E-state index in [1.165, 1.54) is 109 Å². The van der Waals surface area contributed by atoms with Gasteiger partial charge in [-0.1, -0.05) is 148 Å². The molecule has 1 saturated heterocycles. The smallest absolute Gasteiger partial charge is 0.186 e. The third-order valence-corrected chi connectivity index (χ3v) is 9.90. The first-order chi connectivity index (χ1) is 22.9. The molecule has 0 aromatic heterocycles. The second-order valence-electron chi connectivity index (χ2n) is 14.1. The van der Waals surface area contributed by atoms with Gasteiger partial charge in [-0.2, -0.15) is 0 Å². The first kappa shape index (κ1) is 44.4. The molecule has 9 nitrogen and oxygen atoms in total. The van der Waals surface area contributed by atoms with Crippen molar-refractivity contribution in [2.75, 3.05) is 19.8 Å². The van der Waals surface area contributed by atoms with Crippen molar-refractivity contribution in [2.45, 2.75) is 211 Å². The number of unbranched alkanes of at least 4 members (excludes halogenated alkanes) is 22. The molecule has 0 spiro atoms. The van der Waals surface area contributed by atoms with Crippen LogP contribution in [0, 0.1) is 5.92 Å². The highest BCUT2D eigenvalue weighted by Gasteiger charge is 2.44. The zero-order valence-corrected chi connectivity index (χ0v) is 30.1. The van der Waals surface area contributed by atoms with Crippen molar-refractivity contribution in [1.29, 1.82) is 0 Å². The number of hydrogen-bond acceptors (Lipinski definition) is 9. The number of aliphatic hydroxyl groups excluding tert-OH is 5. The number of ether oxygens (including phenoxy) is 2. The van der Waals surface area contributed by atoms with Crippen LogP contribution in [0.2, 0.25) is 0 Å². The van der Waals surface area contributed by atoms with Crippen LogP contribution >= 0.6 is 0 Å². The molecule has 1 fully saturated rings. The van der Waals surface area contributed by atoms with E-state index in [0.29, 0.717) is 12.8 Å². The van der Waals surface area contributed by atoms with Crippen LogP contribution in [-0.4, -0.2) is 87.9 Å². The summed E-state index contributed by atoms with van der Waals surface area (Å²) >= 11 is 0. The van der Waals surface area contributed by atoms with Crippen LogP contribution in [0.15, 0.2) is 0 Å². The van der Waals surface area contributed by atoms with Crippen molar-refractivity contribution in [3.63, 3.8) is 0 Å². The van der Waals surface area contributed by atoms with Gasteiger partial charge in [0, 0.05) is 6.42 Å². The molecule has 7 N–H and O–H groups in total. The Morgan fingerprint density at radius 2 is 1.11 bits per heavy atom. The van der Waals surface area contributed by atoms with E-state index in [0.717, 1.165) is 51.5 Å². The number of carbonyl (C=O) groups is 1. The number of hydrogen-bond donors (Lipinski definition) is 6. The summed E-state index contributed by atoms with van der Waals surface area (Å²) in [5.74, 6) is -0.821. The fourth-order valence-electron chi connectivity index (χ4n) is 6.61. The van der Waals surface area contributed by atoms with Crippen molar-refractivity contribution < 1.29 is 39.8 Å². The summed E-state index contributed by atoms with van der Waals surface area (Å²) < 4.78 is 11.2. The van der Waals surface area contributed by atoms with E-state index in [2.05, 4.69) is 6.92 Å². The van der Waals surface area contributed by atoms with Crippen molar-refractivity contribution in [1.82, 2.24) is 0 Å². The quantitative estimate of drug-likeness (QED) is 0.0429. The van der Waals surface area contributed by atoms with Crippen LogP contribution in [-0.2, 0) is 14.3 Å². The van der Waals surface area contributed by atoms with Gasteiger partial charge in [0.2, 0.25) is 0 Å². The maximum atomic E-state index is 13.3. The SMILES string of the molecule is CCCCCCCCCCCCCC(=O)[C@@H](CO[C@H]1O[C@H](CO)[C@H](O)[C@H](O)[C@H]1O)[C@@H](O)CCCCCCCCCCCCCCCN. The van der Waals surface area contributed by atoms with Gasteiger partial charge in [0.05, 0.1) is 25.2 Å². The molecule has 1 heterocycles. The Labute approximate surface area is 287 Å². The molecule has 9 heteroatoms. The van der Waals surface area contributed by atoms with E-state index in [4.69, 9.17) is 15.2 Å². The lowest BCUT2D eigenvalue weighted by molar-refractivity contribution is -0.303. The van der Waals surface area contributed by atoms with E-state index in [1.807, 2.05) is 0 Å². The monoisotopic (exact) mass is 674 g/mol. The maximum Gasteiger partial charge on any atom is 0.186 e. The van der Waals surface area contributed by atoms with Crippen molar-refractivity contribution >= 4 is 5.78 Å². The summed E-state index contributed by atoms with van der Waals surface area (Å²) in [5, 5.41) is 51.2. The summed E-state index contributed by atoms with van der Waals surface area (Å²) in [4.78, 5) is 13.3. The maximum absolute atomic E-state index is 13.3. The highest BCUT2D eigenvalue weighted by atomic mass is 16.7. The summed E-state index contributed by atoms with van der Waals surface area (Å²) in [7, 11) is 0. The van der Waals surface area contributed by atoms with E-state index < -0.39 is 49.3 Å². The molecule has 0 aromatic carbocycles. The number of Topliss-reactive ketones (excluding diaryl/α,β-unsaturated/α-hetero) is 1. The first-order valence-corrected chi connectivity index (χ1v) is 19.7. The third-order valence-electron chi connectivity index (χ3n) is 9.90. The average Bonchev–Trinajstić information content (AvgIpc) is 3.07. The van der Waals surface area contributed by atoms with E-state index in [1.54, 1.807) is 0 Å². The molecular formula is C38H75NO8. The van der Waals surface area contributed by atoms with Gasteiger partial charge in [0.25, 0.3) is 0 Å². The zero-order chi connectivity index (χ0) is 34.5. The standard InChI is InChI=1S/C38H75NO8/c1-2-3-4-5-6-7-11-14-17-20-23-26-32(41)31(30-46-38-37(45)36(44)35(43)34(29-40)47-38)33(42)27-24-21-18-15-12-9-8-10-13-16-19-22-25-28-39/h31,33-38,40,42-45H,2-30,39H2,1H3/t31-,33+,34-,35+,36+,37-,38+/m1/s1. The summed E-state index contributed by atoms with van der Waals surface area (Å²) in [6, 6.07) is 0. The Bertz CT molecular complexity index is 711. The fraction of sp³-hybridized carbons (Fsp3) is 0.974. The molecule has 0 unspecified atom stereocenters. The largest absolute Gasteiger partial charge is 0.394 e. The number of ketones is 1. The lowest BCUT2D eigenvalue weighted by Gasteiger charge is -2.40. The summed E-state index contributed by atoms with van der Waals surface area (Å²) in [6.45, 7) is 2.33. The average molecular weight is 674 g/mol. The molecule has 0 saturated carbocycles. The van der Waals surface area contributed by atoms with Crippen LogP contribution in [0.5, 0.6) is 0 Å². The predicted octanol–water partition coefficient (Wildman–Crippen LogP) is 6.47. The third kappa shape index (κ3) is 21.2. The molecule has 1 aliphatic rings. The van der Waals surface area contributed by atoms with Gasteiger partial charge in [0.1, 0.15) is 30.2 Å². The molecular weight excluding hydrogens is 598 g/mol. The van der Waals surface area contributed by atoms with Gasteiger partial charge in [-0.3, -0.25) is 4.79 Å². The minimum Gasteiger partial charge on any atom is -0.394 e. The fourth-order valence-corrected chi connectivity index (χ4v) is 6.61. The Kier molecular flexibility index (Phi) is 28.5. The molecule has 0 radical (unpaired) electrons. The normalized spacial score (nSPS) is 22.8. The molecule has 280 valence electrons. The van der Waals surface area contributed by atoms with Crippen LogP contribution < -0.4 is 5.73 Å². The van der Waals surface area contributed by atoms with E-state index >= 15 is 0 Å². The van der Waals surface area contributed by atoms with Crippen molar-refractivity contribution in [3.05, 3.63) is 0 Å². The molecule has 47 heavy (non-hydrogen) atoms. The number of nitrogens with two attached hydrogens (primary N) is 1. The zero-order valence-electron chi connectivity index (χ0n) is 30.1. The molecule has 0 aromatic rings. The van der Waals surface area contributed by atoms with Gasteiger partial charge in [-0.05, 0) is 25.8 Å². The summed E-state index contributed by atoms with van der Waals surface area (Å²) in [5.41, 5.74) is 5.55. The van der Waals surface area contributed by atoms with Crippen LogP contribution in [0.3, 0.4) is 0 Å². The minimum atomic E-state index is -1.55. The Morgan fingerprint density at radius 3 is 1.57 bits per heavy atom. The second-order valence-corrected chi connectivity index (χ2v) is 14.1. The van der Waals surface area contributed by atoms with Crippen molar-refractivity contribution in [3.8, 4) is 0 Å². The molecule has 0 bridgehead atoms. The number of rotatable bonds is 33. The van der Waals surface area contributed by atoms with E-state index in [9.17, 15) is 30.3 Å². The summed E-state index contributed by atoms with van der Waals surface area (Å²) in [6.07, 6.45) is 21.8. The number of aliphatic hydroxyl groups is 5.